The lowest BCUT2D eigenvalue weighted by molar-refractivity contribution is -0.116. The second kappa shape index (κ2) is 10.3. The number of benzene rings is 1. The van der Waals surface area contributed by atoms with Gasteiger partial charge < -0.3 is 21.3 Å². The van der Waals surface area contributed by atoms with Gasteiger partial charge in [0.1, 0.15) is 5.82 Å². The summed E-state index contributed by atoms with van der Waals surface area (Å²) in [5.74, 6) is 1.38. The molecule has 3 rings (SSSR count). The van der Waals surface area contributed by atoms with Crippen LogP contribution >= 0.6 is 23.2 Å². The van der Waals surface area contributed by atoms with Gasteiger partial charge in [-0.3, -0.25) is 9.79 Å². The fraction of sp³-hybridized carbons (Fsp3) is 0.350. The van der Waals surface area contributed by atoms with Crippen molar-refractivity contribution in [3.8, 4) is 0 Å². The third kappa shape index (κ3) is 5.98. The summed E-state index contributed by atoms with van der Waals surface area (Å²) in [5.41, 5.74) is 2.00. The smallest absolute Gasteiger partial charge is 0.225 e. The number of halogens is 2. The molecule has 0 aliphatic carbocycles. The third-order valence-corrected chi connectivity index (χ3v) is 4.93. The summed E-state index contributed by atoms with van der Waals surface area (Å²) in [6, 6.07) is 9.52. The molecule has 2 heterocycles. The molecule has 1 atom stereocenters. The number of fused-ring (bicyclic) bond motifs is 1. The van der Waals surface area contributed by atoms with E-state index >= 15 is 0 Å². The molecule has 0 saturated heterocycles. The Bertz CT molecular complexity index is 889. The van der Waals surface area contributed by atoms with Crippen molar-refractivity contribution in [3.63, 3.8) is 0 Å². The Balaban J connectivity index is 1.55. The maximum Gasteiger partial charge on any atom is 0.225 e. The van der Waals surface area contributed by atoms with Crippen molar-refractivity contribution in [2.75, 3.05) is 36.8 Å². The zero-order chi connectivity index (χ0) is 20.6. The maximum atomic E-state index is 12.0. The molecule has 4 N–H and O–H groups in total. The molecule has 2 aromatic rings. The van der Waals surface area contributed by atoms with Gasteiger partial charge in [0.15, 0.2) is 5.96 Å². The van der Waals surface area contributed by atoms with Gasteiger partial charge >= 0.3 is 0 Å². The Morgan fingerprint density at radius 3 is 2.90 bits per heavy atom. The number of nitrogens with one attached hydrogen (secondary N) is 4. The van der Waals surface area contributed by atoms with Crippen LogP contribution in [-0.4, -0.2) is 43.0 Å². The molecule has 1 unspecified atom stereocenters. The summed E-state index contributed by atoms with van der Waals surface area (Å²) in [6.45, 7) is 4.50. The molecule has 0 saturated carbocycles. The van der Waals surface area contributed by atoms with Crippen LogP contribution in [0.15, 0.2) is 41.5 Å². The van der Waals surface area contributed by atoms with Crippen LogP contribution in [0.2, 0.25) is 10.0 Å². The molecular weight excluding hydrogens is 411 g/mol. The Morgan fingerprint density at radius 2 is 2.10 bits per heavy atom. The predicted octanol–water partition coefficient (Wildman–Crippen LogP) is 3.48. The van der Waals surface area contributed by atoms with Crippen LogP contribution in [0.5, 0.6) is 0 Å². The van der Waals surface area contributed by atoms with Gasteiger partial charge in [-0.2, -0.15) is 0 Å². The number of anilines is 2. The number of rotatable bonds is 7. The summed E-state index contributed by atoms with van der Waals surface area (Å²) in [5, 5.41) is 13.6. The topological polar surface area (TPSA) is 90.4 Å². The molecule has 154 valence electrons. The van der Waals surface area contributed by atoms with E-state index in [1.165, 1.54) is 0 Å². The first-order valence-electron chi connectivity index (χ1n) is 9.52. The van der Waals surface area contributed by atoms with Gasteiger partial charge in [0.25, 0.3) is 0 Å². The highest BCUT2D eigenvalue weighted by Crippen LogP contribution is 2.32. The average Bonchev–Trinajstić information content (AvgIpc) is 2.70. The average molecular weight is 435 g/mol. The number of pyridine rings is 1. The van der Waals surface area contributed by atoms with E-state index in [0.29, 0.717) is 47.9 Å². The molecule has 0 spiro atoms. The summed E-state index contributed by atoms with van der Waals surface area (Å²) in [6.07, 6.45) is 1.98. The molecule has 7 nitrogen and oxygen atoms in total. The number of carbonyl (C=O) groups is 1. The number of aliphatic imine (C=N–C) groups is 1. The zero-order valence-electron chi connectivity index (χ0n) is 16.1. The van der Waals surface area contributed by atoms with Crippen molar-refractivity contribution in [2.24, 2.45) is 4.99 Å². The molecule has 9 heteroatoms. The number of guanidine groups is 1. The number of aromatic nitrogens is 1. The van der Waals surface area contributed by atoms with E-state index < -0.39 is 0 Å². The van der Waals surface area contributed by atoms with E-state index in [2.05, 4.69) is 31.2 Å². The minimum Gasteiger partial charge on any atom is -0.367 e. The third-order valence-electron chi connectivity index (χ3n) is 4.44. The summed E-state index contributed by atoms with van der Waals surface area (Å²) >= 11 is 12.0. The molecule has 1 aliphatic heterocycles. The molecule has 1 aliphatic rings. The Hall–Kier alpha value is -2.51. The van der Waals surface area contributed by atoms with Gasteiger partial charge in [-0.05, 0) is 24.6 Å². The first-order chi connectivity index (χ1) is 14.1. The van der Waals surface area contributed by atoms with Crippen molar-refractivity contribution in [1.29, 1.82) is 0 Å². The van der Waals surface area contributed by atoms with E-state index in [0.717, 1.165) is 17.8 Å². The summed E-state index contributed by atoms with van der Waals surface area (Å²) < 4.78 is 0. The van der Waals surface area contributed by atoms with Crippen LogP contribution in [0.3, 0.4) is 0 Å². The summed E-state index contributed by atoms with van der Waals surface area (Å²) in [7, 11) is 0. The lowest BCUT2D eigenvalue weighted by Gasteiger charge is -2.24. The quantitative estimate of drug-likeness (QED) is 0.304. The van der Waals surface area contributed by atoms with Crippen molar-refractivity contribution in [1.82, 2.24) is 15.6 Å². The summed E-state index contributed by atoms with van der Waals surface area (Å²) in [4.78, 5) is 20.8. The van der Waals surface area contributed by atoms with Gasteiger partial charge in [0.05, 0.1) is 16.6 Å². The fourth-order valence-corrected chi connectivity index (χ4v) is 3.56. The molecule has 1 amide bonds. The number of para-hydroxylation sites is 1. The lowest BCUT2D eigenvalue weighted by atomic mass is 9.91. The molecule has 0 radical (unpaired) electrons. The van der Waals surface area contributed by atoms with Crippen LogP contribution in [0.1, 0.15) is 24.8 Å². The Labute approximate surface area is 180 Å². The molecule has 0 fully saturated rings. The van der Waals surface area contributed by atoms with Gasteiger partial charge in [0, 0.05) is 43.9 Å². The van der Waals surface area contributed by atoms with Crippen LogP contribution in [0.4, 0.5) is 11.5 Å². The lowest BCUT2D eigenvalue weighted by Crippen LogP contribution is -2.40. The molecule has 1 aromatic heterocycles. The largest absolute Gasteiger partial charge is 0.367 e. The SMILES string of the molecule is CCNC(=NCC1CC(=O)Nc2ccccc21)NCCNc1ncc(Cl)cc1Cl. The second-order valence-electron chi connectivity index (χ2n) is 6.59. The number of amides is 1. The van der Waals surface area contributed by atoms with E-state index in [9.17, 15) is 4.79 Å². The van der Waals surface area contributed by atoms with Crippen molar-refractivity contribution in [2.45, 2.75) is 19.3 Å². The maximum absolute atomic E-state index is 12.0. The van der Waals surface area contributed by atoms with E-state index in [4.69, 9.17) is 23.2 Å². The number of hydrogen-bond donors (Lipinski definition) is 4. The molecular formula is C20H24Cl2N6O. The monoisotopic (exact) mass is 434 g/mol. The van der Waals surface area contributed by atoms with Crippen molar-refractivity contribution < 1.29 is 4.79 Å². The molecule has 1 aromatic carbocycles. The van der Waals surface area contributed by atoms with E-state index in [1.54, 1.807) is 12.3 Å². The predicted molar refractivity (Wildman–Crippen MR) is 119 cm³/mol. The first-order valence-corrected chi connectivity index (χ1v) is 10.3. The highest BCUT2D eigenvalue weighted by molar-refractivity contribution is 6.35. The number of carbonyl (C=O) groups excluding carboxylic acids is 1. The van der Waals surface area contributed by atoms with Crippen LogP contribution < -0.4 is 21.3 Å². The van der Waals surface area contributed by atoms with Gasteiger partial charge in [0.2, 0.25) is 5.91 Å². The minimum absolute atomic E-state index is 0.0263. The normalized spacial score (nSPS) is 16.0. The fourth-order valence-electron chi connectivity index (χ4n) is 3.11. The first kappa shape index (κ1) is 21.2. The van der Waals surface area contributed by atoms with Crippen molar-refractivity contribution >= 4 is 46.6 Å². The van der Waals surface area contributed by atoms with Crippen LogP contribution in [0, 0.1) is 0 Å². The Kier molecular flexibility index (Phi) is 7.55. The molecule has 29 heavy (non-hydrogen) atoms. The second-order valence-corrected chi connectivity index (χ2v) is 7.44. The van der Waals surface area contributed by atoms with Gasteiger partial charge in [-0.1, -0.05) is 41.4 Å². The number of hydrogen-bond acceptors (Lipinski definition) is 4. The zero-order valence-corrected chi connectivity index (χ0v) is 17.6. The van der Waals surface area contributed by atoms with Crippen LogP contribution in [0.25, 0.3) is 0 Å². The number of nitrogens with zero attached hydrogens (tertiary/aromatic N) is 2. The highest BCUT2D eigenvalue weighted by atomic mass is 35.5. The van der Waals surface area contributed by atoms with Gasteiger partial charge in [-0.15, -0.1) is 0 Å². The van der Waals surface area contributed by atoms with E-state index in [-0.39, 0.29) is 11.8 Å². The van der Waals surface area contributed by atoms with E-state index in [1.807, 2.05) is 31.2 Å². The molecule has 0 bridgehead atoms. The Morgan fingerprint density at radius 1 is 1.28 bits per heavy atom. The van der Waals surface area contributed by atoms with Crippen molar-refractivity contribution in [3.05, 3.63) is 52.1 Å². The standard InChI is InChI=1S/C20H24Cl2N6O/c1-2-23-20(25-8-7-24-19-16(22)10-14(21)12-26-19)27-11-13-9-18(29)28-17-6-4-3-5-15(13)17/h3-6,10,12-13H,2,7-9,11H2,1H3,(H,24,26)(H,28,29)(H2,23,25,27). The van der Waals surface area contributed by atoms with Gasteiger partial charge in [-0.25, -0.2) is 4.98 Å². The highest BCUT2D eigenvalue weighted by Gasteiger charge is 2.24. The van der Waals surface area contributed by atoms with Crippen LogP contribution in [-0.2, 0) is 4.79 Å². The minimum atomic E-state index is 0.0263.